The van der Waals surface area contributed by atoms with Crippen LogP contribution in [0.2, 0.25) is 0 Å². The van der Waals surface area contributed by atoms with Gasteiger partial charge in [-0.3, -0.25) is 9.59 Å². The van der Waals surface area contributed by atoms with Crippen molar-refractivity contribution in [3.05, 3.63) is 29.8 Å². The molecule has 0 saturated carbocycles. The molecule has 1 aliphatic heterocycles. The highest BCUT2D eigenvalue weighted by Gasteiger charge is 2.18. The minimum absolute atomic E-state index is 0.0857. The van der Waals surface area contributed by atoms with Gasteiger partial charge in [-0.15, -0.1) is 0 Å². The summed E-state index contributed by atoms with van der Waals surface area (Å²) < 4.78 is 5.52. The number of hydrogen-bond acceptors (Lipinski definition) is 4. The number of benzene rings is 1. The predicted molar refractivity (Wildman–Crippen MR) is 106 cm³/mol. The van der Waals surface area contributed by atoms with Crippen molar-refractivity contribution in [3.8, 4) is 0 Å². The molecular formula is C19H27N3O3S. The molecule has 1 heterocycles. The molecule has 0 bridgehead atoms. The fourth-order valence-corrected chi connectivity index (χ4v) is 3.00. The third-order valence-corrected chi connectivity index (χ3v) is 4.40. The SMILES string of the molecule is CCCCCC(=O)NC(=S)Nc1ccccc1C(=O)NCC1CCCO1. The molecule has 142 valence electrons. The number of carbonyl (C=O) groups is 2. The lowest BCUT2D eigenvalue weighted by molar-refractivity contribution is -0.119. The van der Waals surface area contributed by atoms with Crippen molar-refractivity contribution < 1.29 is 14.3 Å². The maximum Gasteiger partial charge on any atom is 0.253 e. The largest absolute Gasteiger partial charge is 0.376 e. The van der Waals surface area contributed by atoms with E-state index in [-0.39, 0.29) is 23.0 Å². The molecule has 1 aromatic rings. The van der Waals surface area contributed by atoms with Gasteiger partial charge in [0.2, 0.25) is 5.91 Å². The summed E-state index contributed by atoms with van der Waals surface area (Å²) >= 11 is 5.19. The second-order valence-corrected chi connectivity index (χ2v) is 6.76. The normalized spacial score (nSPS) is 16.1. The Morgan fingerprint density at radius 2 is 2.08 bits per heavy atom. The van der Waals surface area contributed by atoms with E-state index in [4.69, 9.17) is 17.0 Å². The number of thiocarbonyl (C=S) groups is 1. The fourth-order valence-electron chi connectivity index (χ4n) is 2.78. The molecule has 0 aliphatic carbocycles. The predicted octanol–water partition coefficient (Wildman–Crippen LogP) is 2.99. The Kier molecular flexibility index (Phi) is 8.50. The first-order valence-corrected chi connectivity index (χ1v) is 9.60. The molecule has 26 heavy (non-hydrogen) atoms. The van der Waals surface area contributed by atoms with E-state index in [1.54, 1.807) is 18.2 Å². The molecule has 1 aromatic carbocycles. The zero-order chi connectivity index (χ0) is 18.8. The first kappa shape index (κ1) is 20.3. The smallest absolute Gasteiger partial charge is 0.253 e. The number of unbranched alkanes of at least 4 members (excludes halogenated alkanes) is 2. The van der Waals surface area contributed by atoms with Crippen LogP contribution in [0.15, 0.2) is 24.3 Å². The standard InChI is InChI=1S/C19H27N3O3S/c1-2-3-4-11-17(23)22-19(26)21-16-10-6-5-9-15(16)18(24)20-13-14-8-7-12-25-14/h5-6,9-10,14H,2-4,7-8,11-13H2,1H3,(H,20,24)(H2,21,22,23,26). The molecule has 7 heteroatoms. The summed E-state index contributed by atoms with van der Waals surface area (Å²) in [6.07, 6.45) is 5.44. The van der Waals surface area contributed by atoms with Gasteiger partial charge in [0.15, 0.2) is 5.11 Å². The average molecular weight is 378 g/mol. The second-order valence-electron chi connectivity index (χ2n) is 6.35. The van der Waals surface area contributed by atoms with E-state index in [0.717, 1.165) is 38.7 Å². The van der Waals surface area contributed by atoms with Crippen LogP contribution in [0.1, 0.15) is 55.8 Å². The van der Waals surface area contributed by atoms with Crippen molar-refractivity contribution in [2.24, 2.45) is 0 Å². The van der Waals surface area contributed by atoms with Crippen LogP contribution in [0.3, 0.4) is 0 Å². The van der Waals surface area contributed by atoms with Gasteiger partial charge >= 0.3 is 0 Å². The molecule has 2 rings (SSSR count). The number of ether oxygens (including phenoxy) is 1. The topological polar surface area (TPSA) is 79.5 Å². The van der Waals surface area contributed by atoms with Gasteiger partial charge in [0.25, 0.3) is 5.91 Å². The Labute approximate surface area is 160 Å². The molecule has 6 nitrogen and oxygen atoms in total. The lowest BCUT2D eigenvalue weighted by atomic mass is 10.1. The van der Waals surface area contributed by atoms with Crippen molar-refractivity contribution in [1.29, 1.82) is 0 Å². The van der Waals surface area contributed by atoms with Crippen molar-refractivity contribution in [2.75, 3.05) is 18.5 Å². The molecule has 0 aromatic heterocycles. The summed E-state index contributed by atoms with van der Waals surface area (Å²) in [5.41, 5.74) is 1.05. The van der Waals surface area contributed by atoms with Crippen LogP contribution in [0.4, 0.5) is 5.69 Å². The maximum atomic E-state index is 12.5. The van der Waals surface area contributed by atoms with Crippen LogP contribution >= 0.6 is 12.2 Å². The Morgan fingerprint density at radius 3 is 2.81 bits per heavy atom. The first-order chi connectivity index (χ1) is 12.6. The maximum absolute atomic E-state index is 12.5. The molecule has 0 radical (unpaired) electrons. The van der Waals surface area contributed by atoms with E-state index in [2.05, 4.69) is 22.9 Å². The van der Waals surface area contributed by atoms with Gasteiger partial charge in [-0.1, -0.05) is 31.9 Å². The van der Waals surface area contributed by atoms with Gasteiger partial charge in [-0.05, 0) is 43.6 Å². The quantitative estimate of drug-likeness (QED) is 0.479. The molecule has 3 N–H and O–H groups in total. The average Bonchev–Trinajstić information content (AvgIpc) is 3.14. The van der Waals surface area contributed by atoms with Crippen molar-refractivity contribution in [2.45, 2.75) is 51.6 Å². The number of amides is 2. The summed E-state index contributed by atoms with van der Waals surface area (Å²) in [5, 5.41) is 8.70. The van der Waals surface area contributed by atoms with Crippen LogP contribution in [0.5, 0.6) is 0 Å². The molecular weight excluding hydrogens is 350 g/mol. The number of para-hydroxylation sites is 1. The van der Waals surface area contributed by atoms with Gasteiger partial charge in [-0.2, -0.15) is 0 Å². The summed E-state index contributed by atoms with van der Waals surface area (Å²) in [6.45, 7) is 3.33. The van der Waals surface area contributed by atoms with Crippen LogP contribution in [-0.2, 0) is 9.53 Å². The van der Waals surface area contributed by atoms with Crippen molar-refractivity contribution in [1.82, 2.24) is 10.6 Å². The molecule has 1 fully saturated rings. The third-order valence-electron chi connectivity index (χ3n) is 4.19. The minimum Gasteiger partial charge on any atom is -0.376 e. The third kappa shape index (κ3) is 6.72. The van der Waals surface area contributed by atoms with Gasteiger partial charge in [-0.25, -0.2) is 0 Å². The molecule has 0 spiro atoms. The monoisotopic (exact) mass is 377 g/mol. The zero-order valence-electron chi connectivity index (χ0n) is 15.2. The van der Waals surface area contributed by atoms with Crippen LogP contribution in [0, 0.1) is 0 Å². The highest BCUT2D eigenvalue weighted by atomic mass is 32.1. The van der Waals surface area contributed by atoms with Crippen LogP contribution in [0.25, 0.3) is 0 Å². The van der Waals surface area contributed by atoms with Crippen LogP contribution in [-0.4, -0.2) is 36.2 Å². The highest BCUT2D eigenvalue weighted by molar-refractivity contribution is 7.80. The second kappa shape index (κ2) is 10.9. The minimum atomic E-state index is -0.194. The van der Waals surface area contributed by atoms with Crippen LogP contribution < -0.4 is 16.0 Å². The lowest BCUT2D eigenvalue weighted by Gasteiger charge is -2.15. The Bertz CT molecular complexity index is 630. The fraction of sp³-hybridized carbons (Fsp3) is 0.526. The number of anilines is 1. The van der Waals surface area contributed by atoms with E-state index in [1.807, 2.05) is 6.07 Å². The number of hydrogen-bond donors (Lipinski definition) is 3. The summed E-state index contributed by atoms with van der Waals surface area (Å²) in [5.74, 6) is -0.308. The zero-order valence-corrected chi connectivity index (χ0v) is 16.0. The summed E-state index contributed by atoms with van der Waals surface area (Å²) in [7, 11) is 0. The van der Waals surface area contributed by atoms with Crippen molar-refractivity contribution in [3.63, 3.8) is 0 Å². The Morgan fingerprint density at radius 1 is 1.27 bits per heavy atom. The molecule has 1 aliphatic rings. The van der Waals surface area contributed by atoms with Gasteiger partial charge in [0.05, 0.1) is 17.4 Å². The van der Waals surface area contributed by atoms with E-state index in [0.29, 0.717) is 24.2 Å². The number of rotatable bonds is 8. The van der Waals surface area contributed by atoms with Gasteiger partial charge < -0.3 is 20.7 Å². The Balaban J connectivity index is 1.87. The summed E-state index contributed by atoms with van der Waals surface area (Å²) in [4.78, 5) is 24.3. The highest BCUT2D eigenvalue weighted by Crippen LogP contribution is 2.16. The van der Waals surface area contributed by atoms with Crippen molar-refractivity contribution >= 4 is 34.8 Å². The van der Waals surface area contributed by atoms with E-state index < -0.39 is 0 Å². The summed E-state index contributed by atoms with van der Waals surface area (Å²) in [6, 6.07) is 7.08. The first-order valence-electron chi connectivity index (χ1n) is 9.19. The molecule has 1 atom stereocenters. The van der Waals surface area contributed by atoms with E-state index >= 15 is 0 Å². The Hall–Kier alpha value is -1.99. The lowest BCUT2D eigenvalue weighted by Crippen LogP contribution is -2.35. The number of nitrogens with one attached hydrogen (secondary N) is 3. The molecule has 1 unspecified atom stereocenters. The van der Waals surface area contributed by atoms with Gasteiger partial charge in [0, 0.05) is 19.6 Å². The van der Waals surface area contributed by atoms with E-state index in [9.17, 15) is 9.59 Å². The molecule has 1 saturated heterocycles. The van der Waals surface area contributed by atoms with E-state index in [1.165, 1.54) is 0 Å². The van der Waals surface area contributed by atoms with Gasteiger partial charge in [0.1, 0.15) is 0 Å². The number of carbonyl (C=O) groups excluding carboxylic acids is 2. The molecule has 2 amide bonds.